The molecule has 0 aliphatic heterocycles. The van der Waals surface area contributed by atoms with Gasteiger partial charge < -0.3 is 10.1 Å². The number of thiophene rings is 1. The monoisotopic (exact) mass is 360 g/mol. The number of nitriles is 1. The number of rotatable bonds is 8. The summed E-state index contributed by atoms with van der Waals surface area (Å²) in [5, 5.41) is 13.5. The fourth-order valence-corrected chi connectivity index (χ4v) is 3.48. The predicted octanol–water partition coefficient (Wildman–Crippen LogP) is 2.83. The molecule has 0 fully saturated rings. The third kappa shape index (κ3) is 6.07. The van der Waals surface area contributed by atoms with Gasteiger partial charge in [-0.3, -0.25) is 4.79 Å². The van der Waals surface area contributed by atoms with Gasteiger partial charge in [0.2, 0.25) is 0 Å². The van der Waals surface area contributed by atoms with E-state index in [1.165, 1.54) is 29.1 Å². The lowest BCUT2D eigenvalue weighted by Gasteiger charge is -2.06. The Morgan fingerprint density at radius 2 is 2.04 bits per heavy atom. The molecule has 2 aromatic rings. The smallest absolute Gasteiger partial charge is 0.338 e. The first-order chi connectivity index (χ1) is 11.7. The van der Waals surface area contributed by atoms with Gasteiger partial charge in [-0.15, -0.1) is 11.3 Å². The van der Waals surface area contributed by atoms with Crippen LogP contribution in [0.5, 0.6) is 0 Å². The Balaban J connectivity index is 1.60. The zero-order chi connectivity index (χ0) is 17.2. The number of carbonyl (C=O) groups is 2. The summed E-state index contributed by atoms with van der Waals surface area (Å²) < 4.78 is 4.94. The number of carbonyl (C=O) groups excluding carboxylic acids is 2. The van der Waals surface area contributed by atoms with E-state index in [1.54, 1.807) is 23.1 Å². The number of esters is 1. The van der Waals surface area contributed by atoms with Crippen molar-refractivity contribution >= 4 is 35.0 Å². The van der Waals surface area contributed by atoms with E-state index in [4.69, 9.17) is 10.00 Å². The predicted molar refractivity (Wildman–Crippen MR) is 94.9 cm³/mol. The first kappa shape index (κ1) is 18.0. The van der Waals surface area contributed by atoms with Gasteiger partial charge in [0, 0.05) is 22.9 Å². The minimum Gasteiger partial charge on any atom is -0.452 e. The second kappa shape index (κ2) is 9.75. The Morgan fingerprint density at radius 1 is 1.25 bits per heavy atom. The van der Waals surface area contributed by atoms with Crippen molar-refractivity contribution in [1.82, 2.24) is 5.32 Å². The summed E-state index contributed by atoms with van der Waals surface area (Å²) >= 11 is 3.45. The fraction of sp³-hybridized carbons (Fsp3) is 0.235. The van der Waals surface area contributed by atoms with Crippen LogP contribution in [0.25, 0.3) is 0 Å². The molecule has 0 saturated heterocycles. The van der Waals surface area contributed by atoms with Gasteiger partial charge in [0.25, 0.3) is 5.91 Å². The largest absolute Gasteiger partial charge is 0.452 e. The average molecular weight is 360 g/mol. The van der Waals surface area contributed by atoms with Crippen molar-refractivity contribution in [2.75, 3.05) is 18.9 Å². The van der Waals surface area contributed by atoms with Crippen molar-refractivity contribution in [3.05, 3.63) is 57.8 Å². The molecule has 0 spiro atoms. The van der Waals surface area contributed by atoms with Crippen molar-refractivity contribution in [1.29, 1.82) is 5.26 Å². The molecule has 1 heterocycles. The maximum atomic E-state index is 11.8. The minimum absolute atomic E-state index is 0.311. The van der Waals surface area contributed by atoms with E-state index in [9.17, 15) is 9.59 Å². The van der Waals surface area contributed by atoms with Crippen LogP contribution in [-0.4, -0.2) is 30.8 Å². The third-order valence-corrected chi connectivity index (χ3v) is 5.04. The molecule has 1 amide bonds. The van der Waals surface area contributed by atoms with Gasteiger partial charge in [0.1, 0.15) is 0 Å². The molecule has 0 aliphatic rings. The number of ether oxygens (including phenoxy) is 1. The van der Waals surface area contributed by atoms with Crippen LogP contribution >= 0.6 is 23.1 Å². The molecule has 0 unspecified atom stereocenters. The van der Waals surface area contributed by atoms with Gasteiger partial charge in [0.15, 0.2) is 6.61 Å². The number of thioether (sulfide) groups is 1. The van der Waals surface area contributed by atoms with Gasteiger partial charge in [-0.1, -0.05) is 6.07 Å². The standard InChI is InChI=1S/C17H16N2O3S2/c18-10-13-3-5-14(6-4-13)17(21)22-11-16(20)19-7-9-23-12-15-2-1-8-24-15/h1-6,8H,7,9,11-12H2,(H,19,20). The zero-order valence-electron chi connectivity index (χ0n) is 12.9. The molecule has 0 atom stereocenters. The van der Waals surface area contributed by atoms with Gasteiger partial charge in [0.05, 0.1) is 17.2 Å². The molecular weight excluding hydrogens is 344 g/mol. The van der Waals surface area contributed by atoms with Crippen molar-refractivity contribution in [2.45, 2.75) is 5.75 Å². The van der Waals surface area contributed by atoms with Crippen LogP contribution < -0.4 is 5.32 Å². The molecule has 1 N–H and O–H groups in total. The van der Waals surface area contributed by atoms with E-state index in [2.05, 4.69) is 11.4 Å². The van der Waals surface area contributed by atoms with Crippen molar-refractivity contribution in [3.8, 4) is 6.07 Å². The second-order valence-corrected chi connectivity index (χ2v) is 6.88. The number of hydrogen-bond donors (Lipinski definition) is 1. The van der Waals surface area contributed by atoms with Gasteiger partial charge in [-0.25, -0.2) is 4.79 Å². The van der Waals surface area contributed by atoms with Gasteiger partial charge in [-0.2, -0.15) is 17.0 Å². The Hall–Kier alpha value is -2.30. The van der Waals surface area contributed by atoms with Gasteiger partial charge >= 0.3 is 5.97 Å². The quantitative estimate of drug-likeness (QED) is 0.578. The number of nitrogens with one attached hydrogen (secondary N) is 1. The lowest BCUT2D eigenvalue weighted by molar-refractivity contribution is -0.124. The van der Waals surface area contributed by atoms with Crippen LogP contribution in [0, 0.1) is 11.3 Å². The van der Waals surface area contributed by atoms with Crippen LogP contribution in [0.15, 0.2) is 41.8 Å². The van der Waals surface area contributed by atoms with Crippen molar-refractivity contribution in [3.63, 3.8) is 0 Å². The zero-order valence-corrected chi connectivity index (χ0v) is 14.5. The summed E-state index contributed by atoms with van der Waals surface area (Å²) in [5.74, 6) is 0.824. The highest BCUT2D eigenvalue weighted by Gasteiger charge is 2.09. The summed E-state index contributed by atoms with van der Waals surface area (Å²) in [4.78, 5) is 24.7. The topological polar surface area (TPSA) is 79.2 Å². The molecule has 24 heavy (non-hydrogen) atoms. The number of hydrogen-bond acceptors (Lipinski definition) is 6. The Morgan fingerprint density at radius 3 is 2.71 bits per heavy atom. The van der Waals surface area contributed by atoms with Crippen LogP contribution in [0.3, 0.4) is 0 Å². The van der Waals surface area contributed by atoms with Crippen LogP contribution in [0.4, 0.5) is 0 Å². The fourth-order valence-electron chi connectivity index (χ4n) is 1.78. The molecule has 0 saturated carbocycles. The summed E-state index contributed by atoms with van der Waals surface area (Å²) in [6, 6.07) is 12.1. The van der Waals surface area contributed by atoms with Crippen LogP contribution in [0.1, 0.15) is 20.8 Å². The molecule has 5 nitrogen and oxygen atoms in total. The lowest BCUT2D eigenvalue weighted by atomic mass is 10.1. The van der Waals surface area contributed by atoms with Gasteiger partial charge in [-0.05, 0) is 35.7 Å². The molecular formula is C17H16N2O3S2. The SMILES string of the molecule is N#Cc1ccc(C(=O)OCC(=O)NCCSCc2cccs2)cc1. The molecule has 0 aliphatic carbocycles. The molecule has 7 heteroatoms. The molecule has 2 rings (SSSR count). The van der Waals surface area contributed by atoms with Crippen LogP contribution in [0.2, 0.25) is 0 Å². The average Bonchev–Trinajstić information content (AvgIpc) is 3.13. The third-order valence-electron chi connectivity index (χ3n) is 2.98. The van der Waals surface area contributed by atoms with Crippen molar-refractivity contribution < 1.29 is 14.3 Å². The first-order valence-corrected chi connectivity index (χ1v) is 9.26. The first-order valence-electron chi connectivity index (χ1n) is 7.23. The molecule has 0 radical (unpaired) electrons. The summed E-state index contributed by atoms with van der Waals surface area (Å²) in [6.07, 6.45) is 0. The Labute approximate surface area is 148 Å². The lowest BCUT2D eigenvalue weighted by Crippen LogP contribution is -2.30. The summed E-state index contributed by atoms with van der Waals surface area (Å²) in [5.41, 5.74) is 0.776. The second-order valence-electron chi connectivity index (χ2n) is 4.75. The summed E-state index contributed by atoms with van der Waals surface area (Å²) in [6.45, 7) is 0.220. The van der Waals surface area contributed by atoms with E-state index >= 15 is 0 Å². The number of benzene rings is 1. The highest BCUT2D eigenvalue weighted by atomic mass is 32.2. The Bertz CT molecular complexity index is 706. The highest BCUT2D eigenvalue weighted by molar-refractivity contribution is 7.98. The highest BCUT2D eigenvalue weighted by Crippen LogP contribution is 2.16. The molecule has 124 valence electrons. The van der Waals surface area contributed by atoms with E-state index in [-0.39, 0.29) is 12.5 Å². The van der Waals surface area contributed by atoms with E-state index < -0.39 is 5.97 Å². The summed E-state index contributed by atoms with van der Waals surface area (Å²) in [7, 11) is 0. The molecule has 1 aromatic carbocycles. The van der Waals surface area contributed by atoms with E-state index in [0.717, 1.165) is 11.5 Å². The maximum absolute atomic E-state index is 11.8. The normalized spacial score (nSPS) is 9.96. The van der Waals surface area contributed by atoms with Crippen LogP contribution in [-0.2, 0) is 15.3 Å². The maximum Gasteiger partial charge on any atom is 0.338 e. The molecule has 0 bridgehead atoms. The Kier molecular flexibility index (Phi) is 7.33. The minimum atomic E-state index is -0.582. The van der Waals surface area contributed by atoms with E-state index in [1.807, 2.05) is 17.5 Å². The molecule has 1 aromatic heterocycles. The number of amides is 1. The van der Waals surface area contributed by atoms with Crippen molar-refractivity contribution in [2.24, 2.45) is 0 Å². The number of nitrogens with zero attached hydrogens (tertiary/aromatic N) is 1. The van der Waals surface area contributed by atoms with E-state index in [0.29, 0.717) is 17.7 Å².